The molecule has 1 amide bonds. The lowest BCUT2D eigenvalue weighted by Crippen LogP contribution is -2.38. The largest absolute Gasteiger partial charge is 0.479 e. The maximum atomic E-state index is 12.2. The van der Waals surface area contributed by atoms with Crippen LogP contribution in [0, 0.1) is 5.92 Å². The molecular formula is C13H21NO4. The number of amides is 1. The first-order valence-corrected chi connectivity index (χ1v) is 6.79. The molecule has 3 atom stereocenters. The molecule has 0 aromatic heterocycles. The minimum Gasteiger partial charge on any atom is -0.479 e. The van der Waals surface area contributed by atoms with Gasteiger partial charge in [0.05, 0.1) is 0 Å². The van der Waals surface area contributed by atoms with Crippen LogP contribution in [0.5, 0.6) is 0 Å². The Morgan fingerprint density at radius 1 is 1.28 bits per heavy atom. The monoisotopic (exact) mass is 255 g/mol. The van der Waals surface area contributed by atoms with E-state index < -0.39 is 18.2 Å². The van der Waals surface area contributed by atoms with E-state index in [2.05, 4.69) is 6.92 Å². The number of carbonyl (C=O) groups excluding carboxylic acids is 1. The Morgan fingerprint density at radius 3 is 2.61 bits per heavy atom. The van der Waals surface area contributed by atoms with Gasteiger partial charge < -0.3 is 14.7 Å². The van der Waals surface area contributed by atoms with E-state index >= 15 is 0 Å². The minimum absolute atomic E-state index is 0.0163. The summed E-state index contributed by atoms with van der Waals surface area (Å²) in [5.41, 5.74) is 0. The normalized spacial score (nSPS) is 31.8. The van der Waals surface area contributed by atoms with Crippen LogP contribution in [0.3, 0.4) is 0 Å². The second-order valence-corrected chi connectivity index (χ2v) is 5.26. The molecule has 0 spiro atoms. The Bertz CT molecular complexity index is 331. The van der Waals surface area contributed by atoms with Gasteiger partial charge in [0, 0.05) is 13.1 Å². The maximum absolute atomic E-state index is 12.2. The summed E-state index contributed by atoms with van der Waals surface area (Å²) >= 11 is 0. The molecule has 2 heterocycles. The number of carbonyl (C=O) groups is 2. The van der Waals surface area contributed by atoms with Crippen molar-refractivity contribution < 1.29 is 19.4 Å². The van der Waals surface area contributed by atoms with Crippen molar-refractivity contribution >= 4 is 11.9 Å². The zero-order valence-electron chi connectivity index (χ0n) is 10.8. The van der Waals surface area contributed by atoms with Gasteiger partial charge in [-0.2, -0.15) is 0 Å². The molecule has 2 fully saturated rings. The van der Waals surface area contributed by atoms with Gasteiger partial charge in [-0.3, -0.25) is 4.79 Å². The van der Waals surface area contributed by atoms with E-state index in [0.29, 0.717) is 18.8 Å². The van der Waals surface area contributed by atoms with Gasteiger partial charge in [0.1, 0.15) is 6.10 Å². The maximum Gasteiger partial charge on any atom is 0.332 e. The Hall–Kier alpha value is -1.10. The third-order valence-electron chi connectivity index (χ3n) is 3.86. The van der Waals surface area contributed by atoms with Gasteiger partial charge >= 0.3 is 5.97 Å². The lowest BCUT2D eigenvalue weighted by Gasteiger charge is -2.20. The SMILES string of the molecule is CCCC1CCN(C(=O)C2CCC(C(=O)O)O2)C1. The summed E-state index contributed by atoms with van der Waals surface area (Å²) in [5.74, 6) is -0.372. The lowest BCUT2D eigenvalue weighted by molar-refractivity contribution is -0.154. The molecule has 1 N–H and O–H groups in total. The first kappa shape index (κ1) is 13.3. The number of rotatable bonds is 4. The van der Waals surface area contributed by atoms with E-state index in [1.54, 1.807) is 0 Å². The van der Waals surface area contributed by atoms with E-state index in [-0.39, 0.29) is 5.91 Å². The first-order valence-electron chi connectivity index (χ1n) is 6.79. The summed E-state index contributed by atoms with van der Waals surface area (Å²) < 4.78 is 5.30. The lowest BCUT2D eigenvalue weighted by atomic mass is 10.0. The standard InChI is InChI=1S/C13H21NO4/c1-2-3-9-6-7-14(8-9)12(15)10-4-5-11(18-10)13(16)17/h9-11H,2-8H2,1H3,(H,16,17). The fourth-order valence-electron chi connectivity index (χ4n) is 2.88. The number of carboxylic acid groups (broad SMARTS) is 1. The Morgan fingerprint density at radius 2 is 2.00 bits per heavy atom. The highest BCUT2D eigenvalue weighted by molar-refractivity contribution is 5.83. The molecule has 0 saturated carbocycles. The summed E-state index contributed by atoms with van der Waals surface area (Å²) in [7, 11) is 0. The molecule has 0 aromatic rings. The van der Waals surface area contributed by atoms with Crippen molar-refractivity contribution in [2.24, 2.45) is 5.92 Å². The third kappa shape index (κ3) is 2.83. The molecule has 2 rings (SSSR count). The van der Waals surface area contributed by atoms with Crippen molar-refractivity contribution in [3.63, 3.8) is 0 Å². The van der Waals surface area contributed by atoms with Crippen molar-refractivity contribution in [1.29, 1.82) is 0 Å². The highest BCUT2D eigenvalue weighted by Gasteiger charge is 2.38. The van der Waals surface area contributed by atoms with Gasteiger partial charge in [-0.05, 0) is 31.6 Å². The smallest absolute Gasteiger partial charge is 0.332 e. The molecule has 102 valence electrons. The number of hydrogen-bond acceptors (Lipinski definition) is 3. The highest BCUT2D eigenvalue weighted by Crippen LogP contribution is 2.26. The van der Waals surface area contributed by atoms with Crippen LogP contribution >= 0.6 is 0 Å². The molecule has 2 aliphatic heterocycles. The van der Waals surface area contributed by atoms with Crippen LogP contribution in [-0.4, -0.2) is 47.2 Å². The topological polar surface area (TPSA) is 66.8 Å². The molecule has 2 saturated heterocycles. The third-order valence-corrected chi connectivity index (χ3v) is 3.86. The van der Waals surface area contributed by atoms with E-state index in [1.807, 2.05) is 4.90 Å². The molecule has 5 heteroatoms. The average Bonchev–Trinajstić information content (AvgIpc) is 2.97. The van der Waals surface area contributed by atoms with Gasteiger partial charge in [0.15, 0.2) is 6.10 Å². The predicted octanol–water partition coefficient (Wildman–Crippen LogP) is 1.27. The Balaban J connectivity index is 1.84. The molecule has 0 bridgehead atoms. The van der Waals surface area contributed by atoms with Crippen LogP contribution in [0.4, 0.5) is 0 Å². The van der Waals surface area contributed by atoms with Crippen molar-refractivity contribution in [2.45, 2.75) is 51.2 Å². The molecule has 2 aliphatic rings. The van der Waals surface area contributed by atoms with Crippen LogP contribution < -0.4 is 0 Å². The summed E-state index contributed by atoms with van der Waals surface area (Å²) in [6.07, 6.45) is 3.01. The van der Waals surface area contributed by atoms with Crippen molar-refractivity contribution in [2.75, 3.05) is 13.1 Å². The van der Waals surface area contributed by atoms with E-state index in [9.17, 15) is 9.59 Å². The summed E-state index contributed by atoms with van der Waals surface area (Å²) in [6, 6.07) is 0. The molecule has 0 aromatic carbocycles. The summed E-state index contributed by atoms with van der Waals surface area (Å²) in [6.45, 7) is 3.76. The van der Waals surface area contributed by atoms with Crippen molar-refractivity contribution in [1.82, 2.24) is 4.90 Å². The first-order chi connectivity index (χ1) is 8.61. The predicted molar refractivity (Wildman–Crippen MR) is 65.1 cm³/mol. The van der Waals surface area contributed by atoms with Crippen molar-refractivity contribution in [3.8, 4) is 0 Å². The zero-order valence-corrected chi connectivity index (χ0v) is 10.8. The van der Waals surface area contributed by atoms with Gasteiger partial charge in [-0.15, -0.1) is 0 Å². The molecule has 0 aliphatic carbocycles. The fraction of sp³-hybridized carbons (Fsp3) is 0.846. The number of ether oxygens (including phenoxy) is 1. The van der Waals surface area contributed by atoms with E-state index in [4.69, 9.17) is 9.84 Å². The Labute approximate surface area is 107 Å². The number of hydrogen-bond donors (Lipinski definition) is 1. The van der Waals surface area contributed by atoms with E-state index in [1.165, 1.54) is 0 Å². The fourth-order valence-corrected chi connectivity index (χ4v) is 2.88. The molecular weight excluding hydrogens is 234 g/mol. The number of likely N-dealkylation sites (tertiary alicyclic amines) is 1. The van der Waals surface area contributed by atoms with Crippen molar-refractivity contribution in [3.05, 3.63) is 0 Å². The number of carboxylic acids is 1. The number of aliphatic carboxylic acids is 1. The molecule has 18 heavy (non-hydrogen) atoms. The molecule has 3 unspecified atom stereocenters. The Kier molecular flexibility index (Phi) is 4.22. The summed E-state index contributed by atoms with van der Waals surface area (Å²) in [4.78, 5) is 24.8. The molecule has 0 radical (unpaired) electrons. The van der Waals surface area contributed by atoms with Crippen LogP contribution in [0.15, 0.2) is 0 Å². The van der Waals surface area contributed by atoms with Gasteiger partial charge in [-0.1, -0.05) is 13.3 Å². The zero-order chi connectivity index (χ0) is 13.1. The molecule has 5 nitrogen and oxygen atoms in total. The second-order valence-electron chi connectivity index (χ2n) is 5.26. The summed E-state index contributed by atoms with van der Waals surface area (Å²) in [5, 5.41) is 8.84. The van der Waals surface area contributed by atoms with Gasteiger partial charge in [0.25, 0.3) is 5.91 Å². The second kappa shape index (κ2) is 5.69. The minimum atomic E-state index is -0.962. The van der Waals surface area contributed by atoms with Crippen LogP contribution in [0.25, 0.3) is 0 Å². The van der Waals surface area contributed by atoms with Crippen LogP contribution in [0.2, 0.25) is 0 Å². The van der Waals surface area contributed by atoms with E-state index in [0.717, 1.165) is 32.4 Å². The van der Waals surface area contributed by atoms with Gasteiger partial charge in [0.2, 0.25) is 0 Å². The highest BCUT2D eigenvalue weighted by atomic mass is 16.5. The average molecular weight is 255 g/mol. The van der Waals surface area contributed by atoms with Gasteiger partial charge in [-0.25, -0.2) is 4.79 Å². The van der Waals surface area contributed by atoms with Crippen LogP contribution in [0.1, 0.15) is 39.0 Å². The van der Waals surface area contributed by atoms with Crippen LogP contribution in [-0.2, 0) is 14.3 Å². The quantitative estimate of drug-likeness (QED) is 0.821. The number of nitrogens with zero attached hydrogens (tertiary/aromatic N) is 1.